The van der Waals surface area contributed by atoms with Gasteiger partial charge in [-0.15, -0.1) is 0 Å². The van der Waals surface area contributed by atoms with Crippen LogP contribution < -0.4 is 10.1 Å². The average Bonchev–Trinajstić information content (AvgIpc) is 2.56. The largest absolute Gasteiger partial charge is 0.437 e. The molecule has 0 atom stereocenters. The highest BCUT2D eigenvalue weighted by atomic mass is 79.9. The van der Waals surface area contributed by atoms with Gasteiger partial charge >= 0.3 is 0 Å². The molecule has 0 saturated carbocycles. The molecule has 1 amide bonds. The number of benzene rings is 2. The van der Waals surface area contributed by atoms with E-state index in [4.69, 9.17) is 4.74 Å². The average molecular weight is 370 g/mol. The van der Waals surface area contributed by atoms with Crippen LogP contribution in [0.25, 0.3) is 0 Å². The van der Waals surface area contributed by atoms with Crippen molar-refractivity contribution in [2.75, 3.05) is 5.32 Å². The van der Waals surface area contributed by atoms with Crippen LogP contribution in [0.3, 0.4) is 0 Å². The van der Waals surface area contributed by atoms with Gasteiger partial charge in [0.2, 0.25) is 5.88 Å². The summed E-state index contributed by atoms with van der Waals surface area (Å²) in [5.41, 5.74) is 1.20. The number of ether oxygens (including phenoxy) is 1. The third-order valence-electron chi connectivity index (χ3n) is 2.94. The molecule has 0 aliphatic rings. The van der Waals surface area contributed by atoms with Crippen molar-refractivity contribution in [2.24, 2.45) is 0 Å². The van der Waals surface area contributed by atoms with E-state index in [1.807, 2.05) is 12.1 Å². The SMILES string of the molecule is O=C(Nc1cccc(Oc2cnccn2)c1)c1cccc(Br)c1. The standard InChI is InChI=1S/C17H12BrN3O2/c18-13-4-1-3-12(9-13)17(22)21-14-5-2-6-15(10-14)23-16-11-19-7-8-20-16/h1-11H,(H,21,22). The van der Waals surface area contributed by atoms with E-state index >= 15 is 0 Å². The van der Waals surface area contributed by atoms with E-state index in [1.165, 1.54) is 6.20 Å². The summed E-state index contributed by atoms with van der Waals surface area (Å²) >= 11 is 3.35. The van der Waals surface area contributed by atoms with Crippen molar-refractivity contribution in [1.82, 2.24) is 9.97 Å². The van der Waals surface area contributed by atoms with Crippen molar-refractivity contribution in [3.63, 3.8) is 0 Å². The van der Waals surface area contributed by atoms with Crippen LogP contribution >= 0.6 is 15.9 Å². The van der Waals surface area contributed by atoms with Gasteiger partial charge in [-0.25, -0.2) is 4.98 Å². The van der Waals surface area contributed by atoms with Crippen LogP contribution in [0.4, 0.5) is 5.69 Å². The molecule has 3 rings (SSSR count). The molecule has 6 heteroatoms. The maximum absolute atomic E-state index is 12.2. The van der Waals surface area contributed by atoms with Crippen molar-refractivity contribution in [3.8, 4) is 11.6 Å². The monoisotopic (exact) mass is 369 g/mol. The quantitative estimate of drug-likeness (QED) is 0.745. The molecule has 0 saturated heterocycles. The Morgan fingerprint density at radius 3 is 2.74 bits per heavy atom. The molecule has 0 bridgehead atoms. The lowest BCUT2D eigenvalue weighted by Crippen LogP contribution is -2.11. The molecule has 3 aromatic rings. The van der Waals surface area contributed by atoms with Crippen molar-refractivity contribution < 1.29 is 9.53 Å². The summed E-state index contributed by atoms with van der Waals surface area (Å²) < 4.78 is 6.44. The fourth-order valence-corrected chi connectivity index (χ4v) is 2.33. The van der Waals surface area contributed by atoms with E-state index in [-0.39, 0.29) is 5.91 Å². The number of hydrogen-bond donors (Lipinski definition) is 1. The molecule has 2 aromatic carbocycles. The molecule has 0 aliphatic heterocycles. The van der Waals surface area contributed by atoms with Crippen LogP contribution in [-0.2, 0) is 0 Å². The fourth-order valence-electron chi connectivity index (χ4n) is 1.93. The van der Waals surface area contributed by atoms with Crippen LogP contribution in [0.5, 0.6) is 11.6 Å². The number of rotatable bonds is 4. The van der Waals surface area contributed by atoms with Crippen molar-refractivity contribution in [1.29, 1.82) is 0 Å². The van der Waals surface area contributed by atoms with Crippen LogP contribution in [0.1, 0.15) is 10.4 Å². The summed E-state index contributed by atoms with van der Waals surface area (Å²) in [5, 5.41) is 2.84. The van der Waals surface area contributed by atoms with Gasteiger partial charge in [-0.3, -0.25) is 9.78 Å². The maximum Gasteiger partial charge on any atom is 0.255 e. The van der Waals surface area contributed by atoms with E-state index in [0.717, 1.165) is 4.47 Å². The number of halogens is 1. The van der Waals surface area contributed by atoms with E-state index < -0.39 is 0 Å². The summed E-state index contributed by atoms with van der Waals surface area (Å²) in [4.78, 5) is 20.2. The van der Waals surface area contributed by atoms with Gasteiger partial charge < -0.3 is 10.1 Å². The zero-order valence-corrected chi connectivity index (χ0v) is 13.5. The number of amides is 1. The van der Waals surface area contributed by atoms with Gasteiger partial charge in [0.05, 0.1) is 6.20 Å². The third kappa shape index (κ3) is 4.14. The molecule has 114 valence electrons. The Kier molecular flexibility index (Phi) is 4.63. The van der Waals surface area contributed by atoms with Crippen LogP contribution in [0, 0.1) is 0 Å². The van der Waals surface area contributed by atoms with Gasteiger partial charge in [0.15, 0.2) is 0 Å². The molecule has 0 spiro atoms. The van der Waals surface area contributed by atoms with Gasteiger partial charge in [-0.2, -0.15) is 0 Å². The smallest absolute Gasteiger partial charge is 0.255 e. The number of aromatic nitrogens is 2. The zero-order chi connectivity index (χ0) is 16.1. The molecule has 0 aliphatic carbocycles. The molecule has 1 N–H and O–H groups in total. The molecular weight excluding hydrogens is 358 g/mol. The number of anilines is 1. The minimum absolute atomic E-state index is 0.192. The lowest BCUT2D eigenvalue weighted by molar-refractivity contribution is 0.102. The third-order valence-corrected chi connectivity index (χ3v) is 3.43. The molecule has 0 radical (unpaired) electrons. The lowest BCUT2D eigenvalue weighted by Gasteiger charge is -2.08. The molecule has 23 heavy (non-hydrogen) atoms. The van der Waals surface area contributed by atoms with Crippen molar-refractivity contribution in [3.05, 3.63) is 77.2 Å². The van der Waals surface area contributed by atoms with E-state index in [9.17, 15) is 4.79 Å². The van der Waals surface area contributed by atoms with E-state index in [1.54, 1.807) is 48.8 Å². The Balaban J connectivity index is 1.74. The van der Waals surface area contributed by atoms with E-state index in [2.05, 4.69) is 31.2 Å². The maximum atomic E-state index is 12.2. The summed E-state index contributed by atoms with van der Waals surface area (Å²) in [7, 11) is 0. The number of nitrogens with zero attached hydrogens (tertiary/aromatic N) is 2. The first-order valence-electron chi connectivity index (χ1n) is 6.81. The van der Waals surface area contributed by atoms with Crippen molar-refractivity contribution >= 4 is 27.5 Å². The summed E-state index contributed by atoms with van der Waals surface area (Å²) in [6.45, 7) is 0. The molecule has 1 heterocycles. The predicted molar refractivity (Wildman–Crippen MR) is 90.6 cm³/mol. The lowest BCUT2D eigenvalue weighted by atomic mass is 10.2. The highest BCUT2D eigenvalue weighted by Crippen LogP contribution is 2.22. The summed E-state index contributed by atoms with van der Waals surface area (Å²) in [5.74, 6) is 0.767. The Hall–Kier alpha value is -2.73. The van der Waals surface area contributed by atoms with Gasteiger partial charge in [0.1, 0.15) is 5.75 Å². The van der Waals surface area contributed by atoms with Gasteiger partial charge in [-0.05, 0) is 30.3 Å². The van der Waals surface area contributed by atoms with Crippen molar-refractivity contribution in [2.45, 2.75) is 0 Å². The first kappa shape index (κ1) is 15.2. The minimum Gasteiger partial charge on any atom is -0.437 e. The number of hydrogen-bond acceptors (Lipinski definition) is 4. The minimum atomic E-state index is -0.192. The Bertz CT molecular complexity index is 825. The Morgan fingerprint density at radius 2 is 1.96 bits per heavy atom. The molecule has 0 fully saturated rings. The first-order valence-corrected chi connectivity index (χ1v) is 7.61. The van der Waals surface area contributed by atoms with Crippen LogP contribution in [-0.4, -0.2) is 15.9 Å². The topological polar surface area (TPSA) is 64.1 Å². The molecular formula is C17H12BrN3O2. The second-order valence-corrected chi connectivity index (χ2v) is 5.55. The number of carbonyl (C=O) groups is 1. The van der Waals surface area contributed by atoms with Gasteiger partial charge in [-0.1, -0.05) is 28.1 Å². The molecule has 0 unspecified atom stereocenters. The second kappa shape index (κ2) is 7.02. The normalized spacial score (nSPS) is 10.1. The number of nitrogens with one attached hydrogen (secondary N) is 1. The predicted octanol–water partition coefficient (Wildman–Crippen LogP) is 4.28. The Morgan fingerprint density at radius 1 is 1.09 bits per heavy atom. The number of carbonyl (C=O) groups excluding carboxylic acids is 1. The molecule has 5 nitrogen and oxygen atoms in total. The fraction of sp³-hybridized carbons (Fsp3) is 0. The van der Waals surface area contributed by atoms with Gasteiger partial charge in [0, 0.05) is 34.2 Å². The highest BCUT2D eigenvalue weighted by molar-refractivity contribution is 9.10. The van der Waals surface area contributed by atoms with Gasteiger partial charge in [0.25, 0.3) is 5.91 Å². The summed E-state index contributed by atoms with van der Waals surface area (Å²) in [6, 6.07) is 14.3. The second-order valence-electron chi connectivity index (χ2n) is 4.64. The Labute approximate surface area is 141 Å². The first-order chi connectivity index (χ1) is 11.2. The van der Waals surface area contributed by atoms with E-state index in [0.29, 0.717) is 22.9 Å². The molecule has 1 aromatic heterocycles. The van der Waals surface area contributed by atoms with Crippen LogP contribution in [0.15, 0.2) is 71.6 Å². The zero-order valence-electron chi connectivity index (χ0n) is 11.9. The van der Waals surface area contributed by atoms with Crippen LogP contribution in [0.2, 0.25) is 0 Å². The summed E-state index contributed by atoms with van der Waals surface area (Å²) in [6.07, 6.45) is 4.64. The highest BCUT2D eigenvalue weighted by Gasteiger charge is 2.07.